The summed E-state index contributed by atoms with van der Waals surface area (Å²) >= 11 is 0. The van der Waals surface area contributed by atoms with Crippen LogP contribution in [-0.2, 0) is 9.53 Å². The normalized spacial score (nSPS) is 15.8. The number of hydrogen-bond donors (Lipinski definition) is 0. The van der Waals surface area contributed by atoms with E-state index in [1.807, 2.05) is 39.0 Å². The first-order valence-corrected chi connectivity index (χ1v) is 8.13. The lowest BCUT2D eigenvalue weighted by Crippen LogP contribution is -2.22. The molecule has 1 saturated carbocycles. The average Bonchev–Trinajstić information content (AvgIpc) is 2.96. The Morgan fingerprint density at radius 3 is 2.48 bits per heavy atom. The minimum absolute atomic E-state index is 0.258. The van der Waals surface area contributed by atoms with Crippen molar-refractivity contribution in [3.05, 3.63) is 29.8 Å². The van der Waals surface area contributed by atoms with Gasteiger partial charge in [0.1, 0.15) is 5.60 Å². The number of methoxy groups -OCH3 is 1. The van der Waals surface area contributed by atoms with Crippen LogP contribution in [0.15, 0.2) is 24.3 Å². The quantitative estimate of drug-likeness (QED) is 0.597. The Bertz CT molecular complexity index is 563. The van der Waals surface area contributed by atoms with Crippen LogP contribution < -0.4 is 9.47 Å². The molecule has 0 atom stereocenters. The summed E-state index contributed by atoms with van der Waals surface area (Å²) in [4.78, 5) is 11.8. The maximum atomic E-state index is 11.8. The Hall–Kier alpha value is -1.97. The summed E-state index contributed by atoms with van der Waals surface area (Å²) in [6.07, 6.45) is 8.02. The Labute approximate surface area is 138 Å². The molecule has 0 aliphatic heterocycles. The van der Waals surface area contributed by atoms with Gasteiger partial charge in [0, 0.05) is 6.08 Å². The fourth-order valence-corrected chi connectivity index (χ4v) is 2.57. The molecule has 0 unspecified atom stereocenters. The van der Waals surface area contributed by atoms with Gasteiger partial charge in [-0.3, -0.25) is 0 Å². The van der Waals surface area contributed by atoms with Crippen LogP contribution in [0, 0.1) is 0 Å². The third-order valence-electron chi connectivity index (χ3n) is 3.60. The molecule has 2 rings (SSSR count). The van der Waals surface area contributed by atoms with Crippen molar-refractivity contribution in [1.29, 1.82) is 0 Å². The number of esters is 1. The van der Waals surface area contributed by atoms with E-state index in [2.05, 4.69) is 0 Å². The van der Waals surface area contributed by atoms with Gasteiger partial charge >= 0.3 is 5.97 Å². The van der Waals surface area contributed by atoms with Gasteiger partial charge in [-0.1, -0.05) is 6.07 Å². The molecule has 1 aromatic rings. The van der Waals surface area contributed by atoms with E-state index in [0.29, 0.717) is 5.75 Å². The Balaban J connectivity index is 2.08. The predicted octanol–water partition coefficient (Wildman–Crippen LogP) is 4.37. The van der Waals surface area contributed by atoms with E-state index >= 15 is 0 Å². The largest absolute Gasteiger partial charge is 0.493 e. The van der Waals surface area contributed by atoms with Crippen LogP contribution in [0.5, 0.6) is 11.5 Å². The average molecular weight is 318 g/mol. The molecule has 4 nitrogen and oxygen atoms in total. The van der Waals surface area contributed by atoms with E-state index < -0.39 is 5.60 Å². The highest BCUT2D eigenvalue weighted by atomic mass is 16.6. The van der Waals surface area contributed by atoms with Gasteiger partial charge in [0.25, 0.3) is 0 Å². The molecule has 0 bridgehead atoms. The van der Waals surface area contributed by atoms with Crippen LogP contribution in [0.25, 0.3) is 6.08 Å². The lowest BCUT2D eigenvalue weighted by atomic mass is 10.1. The molecular formula is C19H26O4. The summed E-state index contributed by atoms with van der Waals surface area (Å²) in [6, 6.07) is 5.65. The van der Waals surface area contributed by atoms with Crippen molar-refractivity contribution in [2.24, 2.45) is 0 Å². The van der Waals surface area contributed by atoms with Crippen molar-refractivity contribution in [2.45, 2.75) is 58.2 Å². The van der Waals surface area contributed by atoms with Crippen molar-refractivity contribution < 1.29 is 19.0 Å². The topological polar surface area (TPSA) is 44.8 Å². The molecular weight excluding hydrogens is 292 g/mol. The minimum atomic E-state index is -0.488. The zero-order chi connectivity index (χ0) is 16.9. The number of benzene rings is 1. The molecule has 0 amide bonds. The summed E-state index contributed by atoms with van der Waals surface area (Å²) in [5.41, 5.74) is 0.391. The first kappa shape index (κ1) is 17.4. The van der Waals surface area contributed by atoms with Gasteiger partial charge in [0.05, 0.1) is 13.2 Å². The van der Waals surface area contributed by atoms with Gasteiger partial charge in [-0.2, -0.15) is 0 Å². The number of carbonyl (C=O) groups excluding carboxylic acids is 1. The van der Waals surface area contributed by atoms with E-state index in [4.69, 9.17) is 14.2 Å². The highest BCUT2D eigenvalue weighted by Gasteiger charge is 2.18. The van der Waals surface area contributed by atoms with E-state index in [1.54, 1.807) is 13.2 Å². The van der Waals surface area contributed by atoms with E-state index in [-0.39, 0.29) is 12.1 Å². The fourth-order valence-electron chi connectivity index (χ4n) is 2.57. The number of carbonyl (C=O) groups is 1. The molecule has 0 saturated heterocycles. The molecule has 0 N–H and O–H groups in total. The summed E-state index contributed by atoms with van der Waals surface area (Å²) < 4.78 is 16.7. The Kier molecular flexibility index (Phi) is 5.69. The highest BCUT2D eigenvalue weighted by molar-refractivity contribution is 5.87. The summed E-state index contributed by atoms with van der Waals surface area (Å²) in [5, 5.41) is 0. The molecule has 0 aromatic heterocycles. The van der Waals surface area contributed by atoms with E-state index in [1.165, 1.54) is 18.9 Å². The molecule has 23 heavy (non-hydrogen) atoms. The maximum Gasteiger partial charge on any atom is 0.331 e. The number of rotatable bonds is 5. The van der Waals surface area contributed by atoms with Crippen molar-refractivity contribution >= 4 is 12.0 Å². The van der Waals surface area contributed by atoms with E-state index in [0.717, 1.165) is 24.2 Å². The zero-order valence-corrected chi connectivity index (χ0v) is 14.4. The second-order valence-electron chi connectivity index (χ2n) is 6.80. The van der Waals surface area contributed by atoms with Crippen LogP contribution in [0.1, 0.15) is 52.0 Å². The molecule has 1 fully saturated rings. The molecule has 1 aliphatic carbocycles. The fraction of sp³-hybridized carbons (Fsp3) is 0.526. The third kappa shape index (κ3) is 5.62. The smallest absolute Gasteiger partial charge is 0.331 e. The Morgan fingerprint density at radius 1 is 1.17 bits per heavy atom. The lowest BCUT2D eigenvalue weighted by molar-refractivity contribution is -0.148. The second kappa shape index (κ2) is 7.53. The number of ether oxygens (including phenoxy) is 3. The van der Waals surface area contributed by atoms with E-state index in [9.17, 15) is 4.79 Å². The van der Waals surface area contributed by atoms with Crippen LogP contribution in [0.3, 0.4) is 0 Å². The molecule has 4 heteroatoms. The van der Waals surface area contributed by atoms with Gasteiger partial charge in [-0.25, -0.2) is 4.79 Å². The Morgan fingerprint density at radius 2 is 1.87 bits per heavy atom. The van der Waals surface area contributed by atoms with Crippen molar-refractivity contribution in [3.63, 3.8) is 0 Å². The lowest BCUT2D eigenvalue weighted by Gasteiger charge is -2.18. The molecule has 1 aromatic carbocycles. The molecule has 0 spiro atoms. The molecule has 1 aliphatic rings. The molecule has 0 heterocycles. The minimum Gasteiger partial charge on any atom is -0.493 e. The van der Waals surface area contributed by atoms with Crippen LogP contribution >= 0.6 is 0 Å². The van der Waals surface area contributed by atoms with Gasteiger partial charge < -0.3 is 14.2 Å². The van der Waals surface area contributed by atoms with Crippen molar-refractivity contribution in [1.82, 2.24) is 0 Å². The first-order chi connectivity index (χ1) is 10.9. The van der Waals surface area contributed by atoms with Gasteiger partial charge in [-0.05, 0) is 70.2 Å². The third-order valence-corrected chi connectivity index (χ3v) is 3.60. The summed E-state index contributed by atoms with van der Waals surface area (Å²) in [6.45, 7) is 5.54. The second-order valence-corrected chi connectivity index (χ2v) is 6.80. The highest BCUT2D eigenvalue weighted by Crippen LogP contribution is 2.32. The van der Waals surface area contributed by atoms with Crippen LogP contribution in [0.2, 0.25) is 0 Å². The maximum absolute atomic E-state index is 11.8. The SMILES string of the molecule is COc1ccc(/C=C/C(=O)OC(C)(C)C)cc1OC1CCCC1. The van der Waals surface area contributed by atoms with Crippen LogP contribution in [0.4, 0.5) is 0 Å². The summed E-state index contributed by atoms with van der Waals surface area (Å²) in [7, 11) is 1.63. The summed E-state index contributed by atoms with van der Waals surface area (Å²) in [5.74, 6) is 1.09. The van der Waals surface area contributed by atoms with Gasteiger partial charge in [-0.15, -0.1) is 0 Å². The first-order valence-electron chi connectivity index (χ1n) is 8.13. The van der Waals surface area contributed by atoms with Crippen molar-refractivity contribution in [3.8, 4) is 11.5 Å². The standard InChI is InChI=1S/C19H26O4/c1-19(2,3)23-18(20)12-10-14-9-11-16(21-4)17(13-14)22-15-7-5-6-8-15/h9-13,15H,5-8H2,1-4H3/b12-10+. The predicted molar refractivity (Wildman–Crippen MR) is 90.8 cm³/mol. The molecule has 126 valence electrons. The monoisotopic (exact) mass is 318 g/mol. The number of hydrogen-bond acceptors (Lipinski definition) is 4. The zero-order valence-electron chi connectivity index (χ0n) is 14.4. The van der Waals surface area contributed by atoms with Gasteiger partial charge in [0.2, 0.25) is 0 Å². The van der Waals surface area contributed by atoms with Gasteiger partial charge in [0.15, 0.2) is 11.5 Å². The van der Waals surface area contributed by atoms with Crippen molar-refractivity contribution in [2.75, 3.05) is 7.11 Å². The van der Waals surface area contributed by atoms with Crippen LogP contribution in [-0.4, -0.2) is 24.8 Å². The molecule has 0 radical (unpaired) electrons.